The molecule has 1 aliphatic heterocycles. The average molecular weight is 627 g/mol. The fourth-order valence-corrected chi connectivity index (χ4v) is 9.95. The zero-order chi connectivity index (χ0) is 32.6. The van der Waals surface area contributed by atoms with Crippen LogP contribution in [-0.2, 0) is 14.3 Å². The lowest BCUT2D eigenvalue weighted by molar-refractivity contribution is -0.323. The van der Waals surface area contributed by atoms with Gasteiger partial charge in [0.25, 0.3) is 0 Å². The van der Waals surface area contributed by atoms with Gasteiger partial charge in [0, 0.05) is 11.3 Å². The summed E-state index contributed by atoms with van der Waals surface area (Å²) in [5, 5.41) is 85.3. The Balaban J connectivity index is 1.27. The van der Waals surface area contributed by atoms with Gasteiger partial charge in [0.15, 0.2) is 12.1 Å². The Labute approximate surface area is 259 Å². The van der Waals surface area contributed by atoms with Crippen molar-refractivity contribution in [3.8, 4) is 0 Å². The van der Waals surface area contributed by atoms with Crippen LogP contribution in [0.15, 0.2) is 11.6 Å². The maximum absolute atomic E-state index is 13.4. The van der Waals surface area contributed by atoms with Crippen molar-refractivity contribution in [1.82, 2.24) is 0 Å². The molecule has 1 heterocycles. The first-order chi connectivity index (χ1) is 20.3. The van der Waals surface area contributed by atoms with E-state index in [1.165, 1.54) is 0 Å². The molecule has 11 nitrogen and oxygen atoms in total. The molecule has 5 aliphatic rings. The highest BCUT2D eigenvalue weighted by atomic mass is 16.7. The van der Waals surface area contributed by atoms with Crippen molar-refractivity contribution >= 4 is 5.78 Å². The molecule has 0 unspecified atom stereocenters. The Bertz CT molecular complexity index is 1120. The first kappa shape index (κ1) is 34.3. The molecule has 0 aromatic carbocycles. The van der Waals surface area contributed by atoms with Crippen LogP contribution in [0.25, 0.3) is 0 Å². The minimum Gasteiger partial charge on any atom is -0.394 e. The number of fused-ring (bicyclic) bond motifs is 5. The van der Waals surface area contributed by atoms with Crippen LogP contribution in [-0.4, -0.2) is 113 Å². The Morgan fingerprint density at radius 3 is 2.30 bits per heavy atom. The smallest absolute Gasteiger partial charge is 0.187 e. The highest BCUT2D eigenvalue weighted by Crippen LogP contribution is 2.68. The number of ether oxygens (including phenoxy) is 2. The molecule has 4 fully saturated rings. The van der Waals surface area contributed by atoms with Crippen molar-refractivity contribution in [2.24, 2.45) is 28.6 Å². The summed E-state index contributed by atoms with van der Waals surface area (Å²) in [7, 11) is 0. The Morgan fingerprint density at radius 2 is 1.64 bits per heavy atom. The van der Waals surface area contributed by atoms with Gasteiger partial charge in [-0.2, -0.15) is 0 Å². The van der Waals surface area contributed by atoms with Crippen LogP contribution in [0.5, 0.6) is 0 Å². The van der Waals surface area contributed by atoms with Gasteiger partial charge in [-0.05, 0) is 107 Å². The van der Waals surface area contributed by atoms with Crippen LogP contribution in [0.3, 0.4) is 0 Å². The second-order valence-corrected chi connectivity index (χ2v) is 15.9. The maximum atomic E-state index is 13.4. The van der Waals surface area contributed by atoms with Crippen LogP contribution in [0.2, 0.25) is 0 Å². The summed E-state index contributed by atoms with van der Waals surface area (Å²) in [5.74, 6) is -0.819. The molecule has 0 bridgehead atoms. The first-order valence-electron chi connectivity index (χ1n) is 16.4. The Hall–Kier alpha value is -0.990. The van der Waals surface area contributed by atoms with Crippen LogP contribution >= 0.6 is 0 Å². The van der Waals surface area contributed by atoms with Gasteiger partial charge in [-0.15, -0.1) is 0 Å². The fourth-order valence-electron chi connectivity index (χ4n) is 9.95. The minimum atomic E-state index is -1.53. The molecule has 0 radical (unpaired) electrons. The number of rotatable bonds is 8. The molecule has 3 saturated carbocycles. The molecule has 0 aromatic rings. The van der Waals surface area contributed by atoms with Gasteiger partial charge in [0.05, 0.1) is 35.6 Å². The van der Waals surface area contributed by atoms with E-state index < -0.39 is 83.1 Å². The van der Waals surface area contributed by atoms with Gasteiger partial charge >= 0.3 is 0 Å². The van der Waals surface area contributed by atoms with Crippen molar-refractivity contribution in [2.75, 3.05) is 6.61 Å². The van der Waals surface area contributed by atoms with Crippen molar-refractivity contribution in [3.05, 3.63) is 11.6 Å². The summed E-state index contributed by atoms with van der Waals surface area (Å²) < 4.78 is 11.5. The highest BCUT2D eigenvalue weighted by molar-refractivity contribution is 5.95. The summed E-state index contributed by atoms with van der Waals surface area (Å²) in [6.45, 7) is 8.93. The predicted molar refractivity (Wildman–Crippen MR) is 158 cm³/mol. The van der Waals surface area contributed by atoms with Crippen molar-refractivity contribution in [3.63, 3.8) is 0 Å². The van der Waals surface area contributed by atoms with Crippen LogP contribution in [0.1, 0.15) is 92.4 Å². The van der Waals surface area contributed by atoms with E-state index in [2.05, 4.69) is 0 Å². The molecule has 44 heavy (non-hydrogen) atoms. The number of hydrogen-bond acceptors (Lipinski definition) is 11. The molecule has 1 saturated heterocycles. The average Bonchev–Trinajstić information content (AvgIpc) is 3.22. The summed E-state index contributed by atoms with van der Waals surface area (Å²) in [5.41, 5.74) is -3.73. The molecule has 4 aliphatic carbocycles. The van der Waals surface area contributed by atoms with Gasteiger partial charge in [-0.1, -0.05) is 13.8 Å². The number of aliphatic hydroxyl groups is 8. The quantitative estimate of drug-likeness (QED) is 0.189. The molecule has 11 heteroatoms. The number of aliphatic hydroxyl groups excluding tert-OH is 6. The van der Waals surface area contributed by atoms with Crippen LogP contribution < -0.4 is 0 Å². The summed E-state index contributed by atoms with van der Waals surface area (Å²) in [6, 6.07) is 0. The number of carbonyl (C=O) groups excluding carboxylic acids is 1. The SMILES string of the molecule is CC(C)(CCC[C@](C)(O)[C@H]1CC[C@@]2(O)C3=CC(=O)[C@@H]4C[C@@H](O)[C@@H](O)C[C@]4(C)[C@H]3CC[C@]12C)O[C@@H]1O[C@H](CO)[C@@H](O)[C@H](O)[C@H]1O. The van der Waals surface area contributed by atoms with E-state index in [9.17, 15) is 45.6 Å². The van der Waals surface area contributed by atoms with Gasteiger partial charge in [0.1, 0.15) is 24.4 Å². The van der Waals surface area contributed by atoms with Crippen molar-refractivity contribution in [1.29, 1.82) is 0 Å². The topological polar surface area (TPSA) is 197 Å². The van der Waals surface area contributed by atoms with Gasteiger partial charge in [-0.3, -0.25) is 4.79 Å². The zero-order valence-electron chi connectivity index (χ0n) is 26.7. The van der Waals surface area contributed by atoms with E-state index in [-0.39, 0.29) is 24.0 Å². The van der Waals surface area contributed by atoms with E-state index in [1.807, 2.05) is 34.6 Å². The molecular weight excluding hydrogens is 572 g/mol. The van der Waals surface area contributed by atoms with E-state index in [0.29, 0.717) is 44.9 Å². The van der Waals surface area contributed by atoms with Crippen molar-refractivity contribution < 1.29 is 55.1 Å². The lowest BCUT2D eigenvalue weighted by atomic mass is 9.45. The van der Waals surface area contributed by atoms with Gasteiger partial charge < -0.3 is 50.3 Å². The number of allylic oxidation sites excluding steroid dienone is 1. The Morgan fingerprint density at radius 1 is 0.955 bits per heavy atom. The number of carbonyl (C=O) groups is 1. The lowest BCUT2D eigenvalue weighted by Gasteiger charge is -2.60. The van der Waals surface area contributed by atoms with Crippen molar-refractivity contribution in [2.45, 2.75) is 152 Å². The molecule has 8 N–H and O–H groups in total. The highest BCUT2D eigenvalue weighted by Gasteiger charge is 2.68. The minimum absolute atomic E-state index is 0.0884. The third-order valence-corrected chi connectivity index (χ3v) is 12.6. The normalized spacial score (nSPS) is 49.0. The van der Waals surface area contributed by atoms with E-state index >= 15 is 0 Å². The summed E-state index contributed by atoms with van der Waals surface area (Å²) >= 11 is 0. The van der Waals surface area contributed by atoms with E-state index in [4.69, 9.17) is 9.47 Å². The third-order valence-electron chi connectivity index (χ3n) is 12.6. The molecule has 0 spiro atoms. The molecule has 0 amide bonds. The molecule has 14 atom stereocenters. The van der Waals surface area contributed by atoms with E-state index in [0.717, 1.165) is 12.0 Å². The van der Waals surface area contributed by atoms with Crippen LogP contribution in [0.4, 0.5) is 0 Å². The number of ketones is 1. The predicted octanol–water partition coefficient (Wildman–Crippen LogP) is 0.707. The first-order valence-corrected chi connectivity index (χ1v) is 16.4. The Kier molecular flexibility index (Phi) is 9.06. The molecule has 252 valence electrons. The van der Waals surface area contributed by atoms with Gasteiger partial charge in [0.2, 0.25) is 0 Å². The van der Waals surface area contributed by atoms with Gasteiger partial charge in [-0.25, -0.2) is 0 Å². The zero-order valence-corrected chi connectivity index (χ0v) is 26.7. The maximum Gasteiger partial charge on any atom is 0.187 e. The molecular formula is C33H54O11. The second-order valence-electron chi connectivity index (χ2n) is 15.9. The summed E-state index contributed by atoms with van der Waals surface area (Å²) in [4.78, 5) is 13.4. The monoisotopic (exact) mass is 626 g/mol. The second kappa shape index (κ2) is 11.6. The molecule has 5 rings (SSSR count). The number of hydrogen-bond donors (Lipinski definition) is 8. The van der Waals surface area contributed by atoms with Crippen LogP contribution in [0, 0.1) is 28.6 Å². The molecule has 0 aromatic heterocycles. The third kappa shape index (κ3) is 5.42. The standard InChI is InChI=1S/C33H54O11/c1-29(2,44-28-27(40)26(39)25(38)23(16-34)43-28)9-6-10-32(5,41)24-8-12-33(42)18-13-20(35)19-14-21(36)22(37)15-30(19,3)17(18)7-11-31(24,33)4/h13,17,19,21-28,34,36-42H,6-12,14-16H2,1-5H3/t17-,19-,21+,22-,23+,24-,25+,26-,27+,28-,30+,31+,32-,33+/m0/s1. The largest absolute Gasteiger partial charge is 0.394 e. The fraction of sp³-hybridized carbons (Fsp3) is 0.909. The van der Waals surface area contributed by atoms with E-state index in [1.54, 1.807) is 6.08 Å². The summed E-state index contributed by atoms with van der Waals surface area (Å²) in [6.07, 6.45) is -2.66. The lowest BCUT2D eigenvalue weighted by Crippen LogP contribution is -2.61.